The predicted molar refractivity (Wildman–Crippen MR) is 74.3 cm³/mol. The van der Waals surface area contributed by atoms with E-state index in [0.717, 1.165) is 19.5 Å². The summed E-state index contributed by atoms with van der Waals surface area (Å²) in [6, 6.07) is 3.46. The fraction of sp³-hybridized carbons (Fsp3) is 0.429. The quantitative estimate of drug-likeness (QED) is 0.622. The molecule has 0 amide bonds. The molecule has 19 heavy (non-hydrogen) atoms. The number of carbonyl (C=O) groups is 1. The number of rotatable bonds is 5. The summed E-state index contributed by atoms with van der Waals surface area (Å²) in [6.45, 7) is 4.78. The van der Waals surface area contributed by atoms with E-state index in [1.54, 1.807) is 25.3 Å². The molecule has 0 aliphatic carbocycles. The standard InChI is InChI=1S/C14H19N3O2/c1-2-19-14(18)12-4-3-7-16-13(12)17-10-11-5-8-15-9-6-11/h3-5,7,15H,2,6,8-10H2,1H3,(H,16,17). The molecule has 0 saturated carbocycles. The Hall–Kier alpha value is -1.88. The summed E-state index contributed by atoms with van der Waals surface area (Å²) in [5.41, 5.74) is 1.82. The molecular formula is C14H19N3O2. The Labute approximate surface area is 113 Å². The van der Waals surface area contributed by atoms with Gasteiger partial charge in [0.25, 0.3) is 0 Å². The van der Waals surface area contributed by atoms with Gasteiger partial charge in [-0.05, 0) is 32.0 Å². The number of nitrogens with zero attached hydrogens (tertiary/aromatic N) is 1. The molecule has 0 fully saturated rings. The summed E-state index contributed by atoms with van der Waals surface area (Å²) >= 11 is 0. The monoisotopic (exact) mass is 261 g/mol. The summed E-state index contributed by atoms with van der Waals surface area (Å²) in [6.07, 6.45) is 4.86. The maximum absolute atomic E-state index is 11.8. The number of aromatic nitrogens is 1. The van der Waals surface area contributed by atoms with Crippen molar-refractivity contribution in [2.24, 2.45) is 0 Å². The van der Waals surface area contributed by atoms with Crippen molar-refractivity contribution in [2.45, 2.75) is 13.3 Å². The van der Waals surface area contributed by atoms with Crippen LogP contribution in [0.3, 0.4) is 0 Å². The van der Waals surface area contributed by atoms with Gasteiger partial charge in [0.05, 0.1) is 6.61 Å². The van der Waals surface area contributed by atoms with Crippen molar-refractivity contribution in [3.63, 3.8) is 0 Å². The number of ether oxygens (including phenoxy) is 1. The number of pyridine rings is 1. The van der Waals surface area contributed by atoms with Gasteiger partial charge in [0.2, 0.25) is 0 Å². The van der Waals surface area contributed by atoms with Crippen molar-refractivity contribution >= 4 is 11.8 Å². The summed E-state index contributed by atoms with van der Waals surface area (Å²) in [4.78, 5) is 16.0. The van der Waals surface area contributed by atoms with Gasteiger partial charge in [-0.2, -0.15) is 0 Å². The third kappa shape index (κ3) is 3.79. The highest BCUT2D eigenvalue weighted by molar-refractivity contribution is 5.94. The first-order chi connectivity index (χ1) is 9.31. The fourth-order valence-electron chi connectivity index (χ4n) is 1.95. The highest BCUT2D eigenvalue weighted by Crippen LogP contribution is 2.14. The second-order valence-corrected chi connectivity index (χ2v) is 4.29. The van der Waals surface area contributed by atoms with Crippen molar-refractivity contribution in [3.05, 3.63) is 35.5 Å². The zero-order valence-electron chi connectivity index (χ0n) is 11.1. The van der Waals surface area contributed by atoms with Gasteiger partial charge in [-0.25, -0.2) is 9.78 Å². The Bertz CT molecular complexity index is 472. The van der Waals surface area contributed by atoms with Crippen LogP contribution in [-0.4, -0.2) is 37.2 Å². The highest BCUT2D eigenvalue weighted by Gasteiger charge is 2.13. The molecule has 0 spiro atoms. The molecule has 1 aromatic rings. The highest BCUT2D eigenvalue weighted by atomic mass is 16.5. The molecule has 0 aromatic carbocycles. The molecule has 5 heteroatoms. The minimum atomic E-state index is -0.336. The predicted octanol–water partition coefficient (Wildman–Crippen LogP) is 1.59. The minimum Gasteiger partial charge on any atom is -0.462 e. The molecule has 2 N–H and O–H groups in total. The summed E-state index contributed by atoms with van der Waals surface area (Å²) in [7, 11) is 0. The molecule has 2 heterocycles. The maximum atomic E-state index is 11.8. The van der Waals surface area contributed by atoms with Crippen LogP contribution in [0.2, 0.25) is 0 Å². The first kappa shape index (κ1) is 13.5. The number of carbonyl (C=O) groups excluding carboxylic acids is 1. The van der Waals surface area contributed by atoms with Crippen molar-refractivity contribution in [2.75, 3.05) is 31.6 Å². The van der Waals surface area contributed by atoms with E-state index in [2.05, 4.69) is 21.7 Å². The molecule has 0 unspecified atom stereocenters. The number of esters is 1. The third-order valence-electron chi connectivity index (χ3n) is 2.94. The lowest BCUT2D eigenvalue weighted by molar-refractivity contribution is 0.0527. The van der Waals surface area contributed by atoms with Gasteiger partial charge in [-0.15, -0.1) is 0 Å². The second-order valence-electron chi connectivity index (χ2n) is 4.29. The Balaban J connectivity index is 2.03. The molecule has 0 saturated heterocycles. The van der Waals surface area contributed by atoms with Crippen molar-refractivity contribution in [1.29, 1.82) is 0 Å². The molecule has 5 nitrogen and oxygen atoms in total. The molecule has 0 bridgehead atoms. The molecule has 1 aliphatic heterocycles. The third-order valence-corrected chi connectivity index (χ3v) is 2.94. The Morgan fingerprint density at radius 2 is 2.47 bits per heavy atom. The average Bonchev–Trinajstić information content (AvgIpc) is 2.47. The van der Waals surface area contributed by atoms with E-state index in [1.165, 1.54) is 5.57 Å². The molecule has 1 aliphatic rings. The molecule has 0 radical (unpaired) electrons. The molecule has 102 valence electrons. The summed E-state index contributed by atoms with van der Waals surface area (Å²) in [5, 5.41) is 6.48. The van der Waals surface area contributed by atoms with Gasteiger partial charge in [-0.1, -0.05) is 11.6 Å². The van der Waals surface area contributed by atoms with Crippen LogP contribution in [0.4, 0.5) is 5.82 Å². The Morgan fingerprint density at radius 3 is 3.21 bits per heavy atom. The van der Waals surface area contributed by atoms with Crippen LogP contribution in [0, 0.1) is 0 Å². The van der Waals surface area contributed by atoms with Gasteiger partial charge < -0.3 is 15.4 Å². The van der Waals surface area contributed by atoms with E-state index in [1.807, 2.05) is 0 Å². The zero-order chi connectivity index (χ0) is 13.5. The molecule has 2 rings (SSSR count). The number of hydrogen-bond donors (Lipinski definition) is 2. The van der Waals surface area contributed by atoms with Crippen LogP contribution in [-0.2, 0) is 4.74 Å². The van der Waals surface area contributed by atoms with E-state index in [9.17, 15) is 4.79 Å². The van der Waals surface area contributed by atoms with Crippen LogP contribution >= 0.6 is 0 Å². The van der Waals surface area contributed by atoms with Gasteiger partial charge in [0.1, 0.15) is 11.4 Å². The van der Waals surface area contributed by atoms with Crippen LogP contribution in [0.15, 0.2) is 30.0 Å². The van der Waals surface area contributed by atoms with Gasteiger partial charge in [-0.3, -0.25) is 0 Å². The number of anilines is 1. The number of nitrogens with one attached hydrogen (secondary N) is 2. The maximum Gasteiger partial charge on any atom is 0.341 e. The van der Waals surface area contributed by atoms with Gasteiger partial charge in [0.15, 0.2) is 0 Å². The van der Waals surface area contributed by atoms with Crippen LogP contribution in [0.5, 0.6) is 0 Å². The normalized spacial score (nSPS) is 14.7. The Kier molecular flexibility index (Phi) is 4.92. The topological polar surface area (TPSA) is 63.2 Å². The molecule has 0 atom stereocenters. The SMILES string of the molecule is CCOC(=O)c1cccnc1NCC1=CCNCC1. The number of hydrogen-bond acceptors (Lipinski definition) is 5. The summed E-state index contributed by atoms with van der Waals surface area (Å²) < 4.78 is 5.02. The van der Waals surface area contributed by atoms with Gasteiger partial charge in [0, 0.05) is 19.3 Å². The molecule has 1 aromatic heterocycles. The van der Waals surface area contributed by atoms with Crippen molar-refractivity contribution < 1.29 is 9.53 Å². The lowest BCUT2D eigenvalue weighted by atomic mass is 10.1. The molecular weight excluding hydrogens is 242 g/mol. The first-order valence-corrected chi connectivity index (χ1v) is 6.56. The van der Waals surface area contributed by atoms with Crippen LogP contribution < -0.4 is 10.6 Å². The summed E-state index contributed by atoms with van der Waals surface area (Å²) in [5.74, 6) is 0.248. The Morgan fingerprint density at radius 1 is 1.58 bits per heavy atom. The van der Waals surface area contributed by atoms with E-state index in [-0.39, 0.29) is 5.97 Å². The fourth-order valence-corrected chi connectivity index (χ4v) is 1.95. The van der Waals surface area contributed by atoms with E-state index < -0.39 is 0 Å². The lowest BCUT2D eigenvalue weighted by Crippen LogP contribution is -2.23. The van der Waals surface area contributed by atoms with E-state index in [4.69, 9.17) is 4.74 Å². The minimum absolute atomic E-state index is 0.336. The lowest BCUT2D eigenvalue weighted by Gasteiger charge is -2.16. The smallest absolute Gasteiger partial charge is 0.341 e. The first-order valence-electron chi connectivity index (χ1n) is 6.56. The van der Waals surface area contributed by atoms with Crippen molar-refractivity contribution in [1.82, 2.24) is 10.3 Å². The largest absolute Gasteiger partial charge is 0.462 e. The van der Waals surface area contributed by atoms with Gasteiger partial charge >= 0.3 is 5.97 Å². The van der Waals surface area contributed by atoms with Crippen molar-refractivity contribution in [3.8, 4) is 0 Å². The average molecular weight is 261 g/mol. The van der Waals surface area contributed by atoms with E-state index >= 15 is 0 Å². The van der Waals surface area contributed by atoms with Crippen LogP contribution in [0.1, 0.15) is 23.7 Å². The second kappa shape index (κ2) is 6.89. The van der Waals surface area contributed by atoms with Crippen LogP contribution in [0.25, 0.3) is 0 Å². The van der Waals surface area contributed by atoms with E-state index in [0.29, 0.717) is 24.5 Å². The zero-order valence-corrected chi connectivity index (χ0v) is 11.1.